The minimum atomic E-state index is 0.00648. The second kappa shape index (κ2) is 14.7. The van der Waals surface area contributed by atoms with Gasteiger partial charge in [-0.25, -0.2) is 0 Å². The van der Waals surface area contributed by atoms with E-state index in [1.807, 2.05) is 11.3 Å². The second-order valence-electron chi connectivity index (χ2n) is 18.2. The van der Waals surface area contributed by atoms with Crippen LogP contribution in [0.5, 0.6) is 0 Å². The number of thiophene rings is 1. The summed E-state index contributed by atoms with van der Waals surface area (Å²) < 4.78 is 2.58. The van der Waals surface area contributed by atoms with Gasteiger partial charge in [-0.2, -0.15) is 0 Å². The largest absolute Gasteiger partial charge is 0.309 e. The number of nitrogens with zero attached hydrogens (tertiary/aromatic N) is 1. The number of hydrogen-bond acceptors (Lipinski definition) is 2. The van der Waals surface area contributed by atoms with Gasteiger partial charge in [-0.3, -0.25) is 0 Å². The Kier molecular flexibility index (Phi) is 9.23. The van der Waals surface area contributed by atoms with Crippen molar-refractivity contribution in [3.05, 3.63) is 199 Å². The first-order chi connectivity index (χ1) is 29.0. The van der Waals surface area contributed by atoms with E-state index < -0.39 is 0 Å². The Morgan fingerprint density at radius 1 is 0.367 bits per heavy atom. The lowest BCUT2D eigenvalue weighted by Gasteiger charge is -2.29. The molecule has 0 spiro atoms. The summed E-state index contributed by atoms with van der Waals surface area (Å²) in [7, 11) is 0. The van der Waals surface area contributed by atoms with Crippen molar-refractivity contribution in [2.24, 2.45) is 0 Å². The van der Waals surface area contributed by atoms with Gasteiger partial charge in [0.25, 0.3) is 0 Å². The molecule has 0 unspecified atom stereocenters. The van der Waals surface area contributed by atoms with Gasteiger partial charge in [-0.05, 0) is 108 Å². The molecule has 0 bridgehead atoms. The third-order valence-corrected chi connectivity index (χ3v) is 13.3. The molecule has 60 heavy (non-hydrogen) atoms. The average molecular weight is 792 g/mol. The molecule has 0 N–H and O–H groups in total. The van der Waals surface area contributed by atoms with Crippen LogP contribution in [0.15, 0.2) is 188 Å². The van der Waals surface area contributed by atoms with E-state index in [-0.39, 0.29) is 10.8 Å². The standard InChI is InChI=1S/C58H49NS/c1-57(2,3)42-35-41(36-43(37-42)58(4,5)6)47-25-14-19-40-20-15-26-49(55(40)47)48-22-9-11-27-51(48)59(52-28-16-30-54-56(52)50-23-10-12-29-53(50)60-54)44-33-31-39(32-34-44)46-24-13-18-38-17-7-8-21-45(38)46/h7-37H,1-6H3. The minimum absolute atomic E-state index is 0.00648. The number of para-hydroxylation sites is 1. The Hall–Kier alpha value is -6.48. The summed E-state index contributed by atoms with van der Waals surface area (Å²) in [5.41, 5.74) is 13.5. The molecule has 10 aromatic rings. The lowest BCUT2D eigenvalue weighted by molar-refractivity contribution is 0.569. The molecule has 1 aromatic heterocycles. The summed E-state index contributed by atoms with van der Waals surface area (Å²) in [4.78, 5) is 2.50. The summed E-state index contributed by atoms with van der Waals surface area (Å²) in [5, 5.41) is 7.57. The summed E-state index contributed by atoms with van der Waals surface area (Å²) in [6.45, 7) is 13.9. The van der Waals surface area contributed by atoms with Crippen LogP contribution in [0, 0.1) is 0 Å². The molecule has 0 fully saturated rings. The molecular formula is C58H49NS. The van der Waals surface area contributed by atoms with Gasteiger partial charge in [-0.1, -0.05) is 193 Å². The van der Waals surface area contributed by atoms with E-state index in [0.29, 0.717) is 0 Å². The van der Waals surface area contributed by atoms with E-state index in [1.165, 1.54) is 91.9 Å². The topological polar surface area (TPSA) is 3.24 Å². The van der Waals surface area contributed by atoms with E-state index in [4.69, 9.17) is 0 Å². The first-order valence-electron chi connectivity index (χ1n) is 21.1. The Labute approximate surface area is 358 Å². The number of fused-ring (bicyclic) bond motifs is 5. The van der Waals surface area contributed by atoms with Crippen molar-refractivity contribution in [2.45, 2.75) is 52.4 Å². The fourth-order valence-corrected chi connectivity index (χ4v) is 10.1. The molecular weight excluding hydrogens is 743 g/mol. The third-order valence-electron chi connectivity index (χ3n) is 12.2. The first kappa shape index (κ1) is 37.8. The Balaban J connectivity index is 1.22. The van der Waals surface area contributed by atoms with E-state index >= 15 is 0 Å². The van der Waals surface area contributed by atoms with E-state index in [1.54, 1.807) is 0 Å². The predicted molar refractivity (Wildman–Crippen MR) is 263 cm³/mol. The zero-order valence-electron chi connectivity index (χ0n) is 35.3. The number of hydrogen-bond donors (Lipinski definition) is 0. The maximum Gasteiger partial charge on any atom is 0.0555 e. The highest BCUT2D eigenvalue weighted by atomic mass is 32.1. The van der Waals surface area contributed by atoms with Crippen molar-refractivity contribution < 1.29 is 0 Å². The molecule has 0 aliphatic carbocycles. The van der Waals surface area contributed by atoms with Crippen LogP contribution in [0.3, 0.4) is 0 Å². The molecule has 0 atom stereocenters. The quantitative estimate of drug-likeness (QED) is 0.162. The van der Waals surface area contributed by atoms with Crippen molar-refractivity contribution in [3.63, 3.8) is 0 Å². The van der Waals surface area contributed by atoms with Crippen LogP contribution in [0.2, 0.25) is 0 Å². The van der Waals surface area contributed by atoms with Crippen molar-refractivity contribution in [1.29, 1.82) is 0 Å². The predicted octanol–water partition coefficient (Wildman–Crippen LogP) is 17.4. The van der Waals surface area contributed by atoms with Gasteiger partial charge < -0.3 is 4.90 Å². The van der Waals surface area contributed by atoms with Crippen LogP contribution in [-0.4, -0.2) is 0 Å². The van der Waals surface area contributed by atoms with Gasteiger partial charge in [-0.15, -0.1) is 11.3 Å². The fraction of sp³-hybridized carbons (Fsp3) is 0.138. The van der Waals surface area contributed by atoms with Crippen molar-refractivity contribution in [3.8, 4) is 33.4 Å². The summed E-state index contributed by atoms with van der Waals surface area (Å²) in [6, 6.07) is 70.0. The zero-order chi connectivity index (χ0) is 41.2. The summed E-state index contributed by atoms with van der Waals surface area (Å²) >= 11 is 1.87. The highest BCUT2D eigenvalue weighted by Gasteiger charge is 2.25. The Morgan fingerprint density at radius 2 is 0.900 bits per heavy atom. The highest BCUT2D eigenvalue weighted by Crippen LogP contribution is 2.49. The van der Waals surface area contributed by atoms with Gasteiger partial charge in [0.2, 0.25) is 0 Å². The van der Waals surface area contributed by atoms with Crippen LogP contribution in [0.25, 0.3) is 75.1 Å². The fourth-order valence-electron chi connectivity index (χ4n) is 8.97. The minimum Gasteiger partial charge on any atom is -0.309 e. The third kappa shape index (κ3) is 6.66. The second-order valence-corrected chi connectivity index (χ2v) is 19.3. The van der Waals surface area contributed by atoms with E-state index in [2.05, 4.69) is 234 Å². The molecule has 0 saturated carbocycles. The van der Waals surface area contributed by atoms with Gasteiger partial charge in [0.05, 0.1) is 11.4 Å². The Bertz CT molecular complexity index is 3180. The highest BCUT2D eigenvalue weighted by molar-refractivity contribution is 7.26. The Morgan fingerprint density at radius 3 is 1.63 bits per heavy atom. The molecule has 9 aromatic carbocycles. The lowest BCUT2D eigenvalue weighted by Crippen LogP contribution is -2.16. The van der Waals surface area contributed by atoms with Gasteiger partial charge in [0, 0.05) is 31.4 Å². The molecule has 1 heterocycles. The lowest BCUT2D eigenvalue weighted by atomic mass is 9.78. The SMILES string of the molecule is CC(C)(C)c1cc(-c2cccc3cccc(-c4ccccc4N(c4ccc(-c5cccc6ccccc56)cc4)c4cccc5sc6ccccc6c45)c23)cc(C(C)(C)C)c1. The number of anilines is 3. The van der Waals surface area contributed by atoms with E-state index in [0.717, 1.165) is 11.4 Å². The molecule has 10 rings (SSSR count). The van der Waals surface area contributed by atoms with Crippen molar-refractivity contribution in [2.75, 3.05) is 4.90 Å². The molecule has 292 valence electrons. The van der Waals surface area contributed by atoms with Crippen LogP contribution in [-0.2, 0) is 10.8 Å². The average Bonchev–Trinajstić information content (AvgIpc) is 3.65. The molecule has 0 aliphatic rings. The maximum absolute atomic E-state index is 2.50. The van der Waals surface area contributed by atoms with Gasteiger partial charge in [0.15, 0.2) is 0 Å². The summed E-state index contributed by atoms with van der Waals surface area (Å²) in [6.07, 6.45) is 0. The monoisotopic (exact) mass is 791 g/mol. The molecule has 2 heteroatoms. The first-order valence-corrected chi connectivity index (χ1v) is 21.9. The van der Waals surface area contributed by atoms with Crippen LogP contribution >= 0.6 is 11.3 Å². The molecule has 0 amide bonds. The van der Waals surface area contributed by atoms with Crippen LogP contribution in [0.4, 0.5) is 17.1 Å². The summed E-state index contributed by atoms with van der Waals surface area (Å²) in [5.74, 6) is 0. The smallest absolute Gasteiger partial charge is 0.0555 e. The molecule has 0 radical (unpaired) electrons. The molecule has 0 aliphatic heterocycles. The van der Waals surface area contributed by atoms with Crippen LogP contribution in [0.1, 0.15) is 52.7 Å². The number of benzene rings is 9. The van der Waals surface area contributed by atoms with Gasteiger partial charge >= 0.3 is 0 Å². The number of rotatable bonds is 6. The van der Waals surface area contributed by atoms with Crippen molar-refractivity contribution >= 4 is 70.1 Å². The van der Waals surface area contributed by atoms with E-state index in [9.17, 15) is 0 Å². The van der Waals surface area contributed by atoms with Gasteiger partial charge in [0.1, 0.15) is 0 Å². The zero-order valence-corrected chi connectivity index (χ0v) is 36.1. The molecule has 0 saturated heterocycles. The normalized spacial score (nSPS) is 12.2. The van der Waals surface area contributed by atoms with Crippen molar-refractivity contribution in [1.82, 2.24) is 0 Å². The molecule has 1 nitrogen and oxygen atoms in total. The van der Waals surface area contributed by atoms with Crippen LogP contribution < -0.4 is 4.90 Å². The maximum atomic E-state index is 2.50.